The maximum atomic E-state index is 3.44. The van der Waals surface area contributed by atoms with E-state index in [1.807, 2.05) is 0 Å². The Morgan fingerprint density at radius 3 is 2.58 bits per heavy atom. The zero-order valence-electron chi connectivity index (χ0n) is 7.76. The molecule has 0 aliphatic carbocycles. The Labute approximate surface area is 82.5 Å². The van der Waals surface area contributed by atoms with Crippen LogP contribution in [0.5, 0.6) is 0 Å². The monoisotopic (exact) mass is 227 g/mol. The fraction of sp³-hybridized carbons (Fsp3) is 0.400. The maximum Gasteiger partial charge on any atom is 0.0732 e. The first kappa shape index (κ1) is 9.59. The summed E-state index contributed by atoms with van der Waals surface area (Å²) in [6.45, 7) is 4.25. The molecule has 0 saturated carbocycles. The number of aryl methyl sites for hydroxylation is 2. The predicted molar refractivity (Wildman–Crippen MR) is 58.1 cm³/mol. The highest BCUT2D eigenvalue weighted by Crippen LogP contribution is 2.20. The van der Waals surface area contributed by atoms with Gasteiger partial charge in [-0.25, -0.2) is 0 Å². The number of benzene rings is 1. The van der Waals surface area contributed by atoms with Crippen LogP contribution in [0, 0.1) is 13.8 Å². The fourth-order valence-electron chi connectivity index (χ4n) is 1.20. The van der Waals surface area contributed by atoms with Gasteiger partial charge in [-0.2, -0.15) is 0 Å². The summed E-state index contributed by atoms with van der Waals surface area (Å²) in [5.41, 5.74) is 4.80. The van der Waals surface area contributed by atoms with Crippen molar-refractivity contribution in [2.45, 2.75) is 13.8 Å². The van der Waals surface area contributed by atoms with Crippen LogP contribution in [0.3, 0.4) is 0 Å². The number of hydrogen-bond acceptors (Lipinski definition) is 1. The molecule has 0 radical (unpaired) electrons. The molecule has 0 N–H and O–H groups in total. The summed E-state index contributed by atoms with van der Waals surface area (Å²) in [5.74, 6) is 0. The van der Waals surface area contributed by atoms with Crippen LogP contribution in [0.2, 0.25) is 0 Å². The van der Waals surface area contributed by atoms with Crippen LogP contribution in [-0.2, 0) is 0 Å². The number of rotatable bonds is 2. The van der Waals surface area contributed by atoms with E-state index in [0.29, 0.717) is 0 Å². The lowest BCUT2D eigenvalue weighted by atomic mass is 10.1. The molecule has 0 aliphatic heterocycles. The first-order valence-electron chi connectivity index (χ1n) is 3.99. The van der Waals surface area contributed by atoms with Crippen molar-refractivity contribution in [3.05, 3.63) is 29.3 Å². The molecule has 1 aromatic carbocycles. The smallest absolute Gasteiger partial charge is 0.0732 e. The Balaban J connectivity index is 3.04. The Morgan fingerprint density at radius 1 is 1.33 bits per heavy atom. The molecule has 0 aliphatic rings. The van der Waals surface area contributed by atoms with Gasteiger partial charge in [0, 0.05) is 12.7 Å². The third kappa shape index (κ3) is 2.01. The molecule has 0 bridgehead atoms. The van der Waals surface area contributed by atoms with Gasteiger partial charge in [0.15, 0.2) is 0 Å². The van der Waals surface area contributed by atoms with E-state index in [1.54, 1.807) is 0 Å². The Kier molecular flexibility index (Phi) is 3.15. The quantitative estimate of drug-likeness (QED) is 0.555. The van der Waals surface area contributed by atoms with Gasteiger partial charge < -0.3 is 4.90 Å². The molecule has 0 heterocycles. The van der Waals surface area contributed by atoms with E-state index < -0.39 is 0 Å². The van der Waals surface area contributed by atoms with E-state index in [4.69, 9.17) is 0 Å². The molecule has 2 heteroatoms. The van der Waals surface area contributed by atoms with Crippen LogP contribution < -0.4 is 4.90 Å². The first-order valence-corrected chi connectivity index (χ1v) is 5.11. The van der Waals surface area contributed by atoms with Crippen LogP contribution in [0.15, 0.2) is 18.2 Å². The summed E-state index contributed by atoms with van der Waals surface area (Å²) in [7, 11) is 2.08. The van der Waals surface area contributed by atoms with Crippen molar-refractivity contribution in [2.24, 2.45) is 0 Å². The molecule has 1 rings (SSSR count). The number of alkyl halides is 1. The minimum Gasteiger partial charge on any atom is -0.364 e. The molecule has 66 valence electrons. The molecule has 0 unspecified atom stereocenters. The van der Waals surface area contributed by atoms with E-state index in [-0.39, 0.29) is 0 Å². The highest BCUT2D eigenvalue weighted by Gasteiger charge is 2.01. The van der Waals surface area contributed by atoms with Crippen molar-refractivity contribution in [3.63, 3.8) is 0 Å². The second-order valence-electron chi connectivity index (χ2n) is 3.11. The standard InChI is InChI=1S/C10H14BrN/c1-8-4-5-9(2)10(6-8)12(3)7-11/h4-6H,7H2,1-3H3. The van der Waals surface area contributed by atoms with E-state index in [9.17, 15) is 0 Å². The van der Waals surface area contributed by atoms with Crippen molar-refractivity contribution >= 4 is 21.6 Å². The highest BCUT2D eigenvalue weighted by atomic mass is 79.9. The second-order valence-corrected chi connectivity index (χ2v) is 3.61. The number of nitrogens with zero attached hydrogens (tertiary/aromatic N) is 1. The first-order chi connectivity index (χ1) is 5.65. The van der Waals surface area contributed by atoms with E-state index in [2.05, 4.69) is 59.9 Å². The van der Waals surface area contributed by atoms with Crippen LogP contribution >= 0.6 is 15.9 Å². The zero-order valence-corrected chi connectivity index (χ0v) is 9.35. The molecular formula is C10H14BrN. The summed E-state index contributed by atoms with van der Waals surface area (Å²) >= 11 is 3.44. The van der Waals surface area contributed by atoms with Gasteiger partial charge in [0.05, 0.1) is 5.45 Å². The summed E-state index contributed by atoms with van der Waals surface area (Å²) < 4.78 is 0. The van der Waals surface area contributed by atoms with Gasteiger partial charge >= 0.3 is 0 Å². The fourth-order valence-corrected chi connectivity index (χ4v) is 1.47. The Bertz CT molecular complexity index is 271. The van der Waals surface area contributed by atoms with Gasteiger partial charge in [-0.3, -0.25) is 0 Å². The zero-order chi connectivity index (χ0) is 9.14. The largest absolute Gasteiger partial charge is 0.364 e. The van der Waals surface area contributed by atoms with Gasteiger partial charge in [-0.05, 0) is 31.0 Å². The third-order valence-corrected chi connectivity index (χ3v) is 2.71. The molecule has 0 atom stereocenters. The van der Waals surface area contributed by atoms with Crippen molar-refractivity contribution in [1.29, 1.82) is 0 Å². The van der Waals surface area contributed by atoms with Gasteiger partial charge in [-0.1, -0.05) is 28.1 Å². The normalized spacial score (nSPS) is 10.0. The molecule has 1 nitrogen and oxygen atoms in total. The lowest BCUT2D eigenvalue weighted by molar-refractivity contribution is 1.09. The average molecular weight is 228 g/mol. The van der Waals surface area contributed by atoms with Crippen molar-refractivity contribution < 1.29 is 0 Å². The molecule has 0 spiro atoms. The van der Waals surface area contributed by atoms with Gasteiger partial charge in [-0.15, -0.1) is 0 Å². The molecule has 12 heavy (non-hydrogen) atoms. The Morgan fingerprint density at radius 2 is 2.00 bits per heavy atom. The molecular weight excluding hydrogens is 214 g/mol. The van der Waals surface area contributed by atoms with Crippen LogP contribution in [0.1, 0.15) is 11.1 Å². The summed E-state index contributed by atoms with van der Waals surface area (Å²) in [5, 5.41) is 0. The summed E-state index contributed by atoms with van der Waals surface area (Å²) in [6, 6.07) is 6.50. The number of anilines is 1. The summed E-state index contributed by atoms with van der Waals surface area (Å²) in [6.07, 6.45) is 0. The predicted octanol–water partition coefficient (Wildman–Crippen LogP) is 3.09. The van der Waals surface area contributed by atoms with Crippen molar-refractivity contribution in [2.75, 3.05) is 17.4 Å². The topological polar surface area (TPSA) is 3.24 Å². The number of hydrogen-bond donors (Lipinski definition) is 0. The molecule has 0 fully saturated rings. The van der Waals surface area contributed by atoms with Crippen molar-refractivity contribution in [3.8, 4) is 0 Å². The molecule has 0 saturated heterocycles. The average Bonchev–Trinajstić information content (AvgIpc) is 2.08. The highest BCUT2D eigenvalue weighted by molar-refractivity contribution is 9.09. The SMILES string of the molecule is Cc1ccc(C)c(N(C)CBr)c1. The van der Waals surface area contributed by atoms with Gasteiger partial charge in [0.1, 0.15) is 0 Å². The molecule has 0 amide bonds. The van der Waals surface area contributed by atoms with E-state index in [0.717, 1.165) is 5.45 Å². The minimum absolute atomic E-state index is 0.872. The Hall–Kier alpha value is -0.500. The lowest BCUT2D eigenvalue weighted by Crippen LogP contribution is -2.15. The third-order valence-electron chi connectivity index (χ3n) is 1.96. The molecule has 1 aromatic rings. The van der Waals surface area contributed by atoms with Crippen LogP contribution in [-0.4, -0.2) is 12.5 Å². The van der Waals surface area contributed by atoms with Crippen LogP contribution in [0.4, 0.5) is 5.69 Å². The summed E-state index contributed by atoms with van der Waals surface area (Å²) in [4.78, 5) is 2.18. The maximum absolute atomic E-state index is 3.44. The lowest BCUT2D eigenvalue weighted by Gasteiger charge is -2.18. The second kappa shape index (κ2) is 3.94. The minimum atomic E-state index is 0.872. The van der Waals surface area contributed by atoms with Gasteiger partial charge in [0.2, 0.25) is 0 Å². The van der Waals surface area contributed by atoms with Gasteiger partial charge in [0.25, 0.3) is 0 Å². The number of halogens is 1. The van der Waals surface area contributed by atoms with Crippen LogP contribution in [0.25, 0.3) is 0 Å². The van der Waals surface area contributed by atoms with E-state index >= 15 is 0 Å². The molecule has 0 aromatic heterocycles. The van der Waals surface area contributed by atoms with Crippen molar-refractivity contribution in [1.82, 2.24) is 0 Å². The van der Waals surface area contributed by atoms with E-state index in [1.165, 1.54) is 16.8 Å².